The number of imide groups is 1. The molecule has 188 valence electrons. The van der Waals surface area contributed by atoms with Crippen molar-refractivity contribution in [3.05, 3.63) is 69.2 Å². The summed E-state index contributed by atoms with van der Waals surface area (Å²) in [4.78, 5) is 26.6. The van der Waals surface area contributed by atoms with Crippen LogP contribution >= 0.6 is 23.4 Å². The van der Waals surface area contributed by atoms with Crippen LogP contribution in [-0.4, -0.2) is 51.1 Å². The Morgan fingerprint density at radius 3 is 2.75 bits per heavy atom. The second kappa shape index (κ2) is 9.53. The van der Waals surface area contributed by atoms with Gasteiger partial charge < -0.3 is 5.32 Å². The Balaban J connectivity index is 1.40. The van der Waals surface area contributed by atoms with Crippen molar-refractivity contribution < 1.29 is 27.2 Å². The van der Waals surface area contributed by atoms with Gasteiger partial charge in [-0.15, -0.1) is 0 Å². The Morgan fingerprint density at radius 1 is 1.19 bits per heavy atom. The fourth-order valence-corrected chi connectivity index (χ4v) is 5.51. The number of benzene rings is 2. The van der Waals surface area contributed by atoms with Crippen LogP contribution in [-0.2, 0) is 17.5 Å². The van der Waals surface area contributed by atoms with Crippen molar-refractivity contribution in [3.63, 3.8) is 0 Å². The third-order valence-corrected chi connectivity index (χ3v) is 7.31. The van der Waals surface area contributed by atoms with Gasteiger partial charge in [-0.25, -0.2) is 4.39 Å². The highest BCUT2D eigenvalue weighted by Crippen LogP contribution is 2.37. The molecule has 1 aromatic heterocycles. The number of halogens is 5. The van der Waals surface area contributed by atoms with Crippen molar-refractivity contribution in [1.29, 1.82) is 0 Å². The minimum atomic E-state index is -4.56. The normalized spacial score (nSPS) is 22.2. The van der Waals surface area contributed by atoms with Gasteiger partial charge >= 0.3 is 6.18 Å². The molecule has 2 fully saturated rings. The van der Waals surface area contributed by atoms with Crippen LogP contribution < -0.4 is 5.32 Å². The summed E-state index contributed by atoms with van der Waals surface area (Å²) in [5.74, 6) is -0.530. The average molecular weight is 539 g/mol. The highest BCUT2D eigenvalue weighted by molar-refractivity contribution is 8.18. The Morgan fingerprint density at radius 2 is 2.00 bits per heavy atom. The first-order chi connectivity index (χ1) is 17.1. The molecular formula is C24H19ClF4N4O2S. The summed E-state index contributed by atoms with van der Waals surface area (Å²) in [6.07, 6.45) is -2.47. The van der Waals surface area contributed by atoms with Crippen LogP contribution in [0.1, 0.15) is 23.1 Å². The van der Waals surface area contributed by atoms with Crippen molar-refractivity contribution in [3.8, 4) is 0 Å². The maximum Gasteiger partial charge on any atom is 0.416 e. The summed E-state index contributed by atoms with van der Waals surface area (Å²) in [6, 6.07) is 7.92. The van der Waals surface area contributed by atoms with Crippen molar-refractivity contribution >= 4 is 51.5 Å². The zero-order valence-electron chi connectivity index (χ0n) is 18.6. The molecule has 2 aliphatic heterocycles. The smallest absolute Gasteiger partial charge is 0.314 e. The molecule has 3 heterocycles. The van der Waals surface area contributed by atoms with E-state index in [4.69, 9.17) is 11.6 Å². The molecule has 2 saturated heterocycles. The molecule has 0 spiro atoms. The van der Waals surface area contributed by atoms with Crippen LogP contribution in [0.2, 0.25) is 5.02 Å². The Kier molecular flexibility index (Phi) is 6.56. The van der Waals surface area contributed by atoms with Crippen molar-refractivity contribution in [1.82, 2.24) is 20.0 Å². The summed E-state index contributed by atoms with van der Waals surface area (Å²) >= 11 is 6.53. The molecule has 0 bridgehead atoms. The monoisotopic (exact) mass is 538 g/mol. The molecule has 0 unspecified atom stereocenters. The first kappa shape index (κ1) is 24.8. The van der Waals surface area contributed by atoms with Crippen LogP contribution in [0.15, 0.2) is 47.5 Å². The van der Waals surface area contributed by atoms with Gasteiger partial charge in [0, 0.05) is 17.0 Å². The van der Waals surface area contributed by atoms with Crippen molar-refractivity contribution in [2.45, 2.75) is 31.4 Å². The Labute approximate surface area is 212 Å². The number of carbonyl (C=O) groups excluding carboxylic acids is 2. The molecule has 36 heavy (non-hydrogen) atoms. The number of piperidine rings is 1. The maximum atomic E-state index is 14.3. The highest BCUT2D eigenvalue weighted by atomic mass is 35.5. The molecule has 1 N–H and O–H groups in total. The second-order valence-electron chi connectivity index (χ2n) is 8.55. The van der Waals surface area contributed by atoms with Gasteiger partial charge in [0.15, 0.2) is 0 Å². The molecule has 12 heteroatoms. The van der Waals surface area contributed by atoms with Gasteiger partial charge in [0.25, 0.3) is 11.1 Å². The predicted molar refractivity (Wildman–Crippen MR) is 129 cm³/mol. The van der Waals surface area contributed by atoms with E-state index < -0.39 is 35.1 Å². The fourth-order valence-electron chi connectivity index (χ4n) is 4.45. The van der Waals surface area contributed by atoms with Gasteiger partial charge in [-0.05, 0) is 66.2 Å². The molecule has 0 aliphatic carbocycles. The fraction of sp³-hybridized carbons (Fsp3) is 0.292. The number of fused-ring (bicyclic) bond motifs is 1. The Bertz CT molecular complexity index is 1390. The highest BCUT2D eigenvalue weighted by Gasteiger charge is 2.43. The summed E-state index contributed by atoms with van der Waals surface area (Å²) in [6.45, 7) is 0.494. The number of aromatic nitrogens is 2. The summed E-state index contributed by atoms with van der Waals surface area (Å²) < 4.78 is 56.2. The number of nitrogens with one attached hydrogen (secondary N) is 1. The number of hydrogen-bond donors (Lipinski definition) is 1. The first-order valence-corrected chi connectivity index (χ1v) is 12.2. The lowest BCUT2D eigenvalue weighted by Crippen LogP contribution is -2.52. The lowest BCUT2D eigenvalue weighted by molar-refractivity contribution is -0.138. The van der Waals surface area contributed by atoms with E-state index in [-0.39, 0.29) is 28.6 Å². The molecule has 0 saturated carbocycles. The quantitative estimate of drug-likeness (QED) is 0.351. The first-order valence-electron chi connectivity index (χ1n) is 11.0. The topological polar surface area (TPSA) is 67.2 Å². The van der Waals surface area contributed by atoms with Crippen LogP contribution in [0.25, 0.3) is 17.0 Å². The van der Waals surface area contributed by atoms with Gasteiger partial charge in [-0.2, -0.15) is 18.3 Å². The SMILES string of the molecule is O=C1S/C(=C\c2ccc3c(cnn3Cc3ccc(Cl)cc3C(F)(F)F)c2)C(=O)N1[C@@H]1CCNC[C@H]1F. The van der Waals surface area contributed by atoms with E-state index in [2.05, 4.69) is 10.4 Å². The molecule has 5 rings (SSSR count). The molecular weight excluding hydrogens is 520 g/mol. The predicted octanol–water partition coefficient (Wildman–Crippen LogP) is 5.49. The van der Waals surface area contributed by atoms with E-state index in [0.29, 0.717) is 29.4 Å². The standard InChI is InChI=1S/C24H19ClF4N4O2S/c25-16-3-2-14(17(9-16)24(27,28)29)12-32-19-4-1-13(7-15(19)10-31-32)8-21-22(34)33(23(35)36-21)20-5-6-30-11-18(20)26/h1-4,7-10,18,20,30H,5-6,11-12H2/b21-8-/t18-,20-/m1/s1. The maximum absolute atomic E-state index is 14.3. The van der Waals surface area contributed by atoms with E-state index >= 15 is 0 Å². The molecule has 2 atom stereocenters. The van der Waals surface area contributed by atoms with E-state index in [1.165, 1.54) is 23.0 Å². The number of alkyl halides is 4. The number of carbonyl (C=O) groups is 2. The number of rotatable bonds is 4. The summed E-state index contributed by atoms with van der Waals surface area (Å²) in [7, 11) is 0. The van der Waals surface area contributed by atoms with E-state index in [0.717, 1.165) is 22.7 Å². The van der Waals surface area contributed by atoms with Crippen LogP contribution in [0.5, 0.6) is 0 Å². The van der Waals surface area contributed by atoms with Crippen molar-refractivity contribution in [2.24, 2.45) is 0 Å². The third kappa shape index (κ3) is 4.74. The minimum Gasteiger partial charge on any atom is -0.314 e. The van der Waals surface area contributed by atoms with Crippen molar-refractivity contribution in [2.75, 3.05) is 13.1 Å². The number of amides is 2. The lowest BCUT2D eigenvalue weighted by atomic mass is 10.0. The number of hydrogen-bond acceptors (Lipinski definition) is 5. The van der Waals surface area contributed by atoms with E-state index in [1.54, 1.807) is 24.3 Å². The molecule has 2 aliphatic rings. The molecule has 3 aromatic rings. The van der Waals surface area contributed by atoms with Crippen LogP contribution in [0.4, 0.5) is 22.4 Å². The van der Waals surface area contributed by atoms with Gasteiger partial charge in [-0.3, -0.25) is 19.2 Å². The molecule has 2 amide bonds. The third-order valence-electron chi connectivity index (χ3n) is 6.19. The van der Waals surface area contributed by atoms with E-state index in [9.17, 15) is 27.2 Å². The van der Waals surface area contributed by atoms with Gasteiger partial charge in [0.2, 0.25) is 0 Å². The second-order valence-corrected chi connectivity index (χ2v) is 9.98. The average Bonchev–Trinajstić information content (AvgIpc) is 3.34. The number of thioether (sulfide) groups is 1. The summed E-state index contributed by atoms with van der Waals surface area (Å²) in [5.41, 5.74) is 0.407. The van der Waals surface area contributed by atoms with Gasteiger partial charge in [-0.1, -0.05) is 23.7 Å². The zero-order chi connectivity index (χ0) is 25.6. The Hall–Kier alpha value is -2.89. The minimum absolute atomic E-state index is 0.00681. The van der Waals surface area contributed by atoms with E-state index in [1.807, 2.05) is 0 Å². The lowest BCUT2D eigenvalue weighted by Gasteiger charge is -2.32. The molecule has 2 aromatic carbocycles. The molecule has 6 nitrogen and oxygen atoms in total. The molecule has 0 radical (unpaired) electrons. The van der Waals surface area contributed by atoms with Gasteiger partial charge in [0.05, 0.1) is 34.8 Å². The van der Waals surface area contributed by atoms with Gasteiger partial charge in [0.1, 0.15) is 6.17 Å². The summed E-state index contributed by atoms with van der Waals surface area (Å²) in [5, 5.41) is 7.27. The van der Waals surface area contributed by atoms with Crippen LogP contribution in [0.3, 0.4) is 0 Å². The van der Waals surface area contributed by atoms with Crippen LogP contribution in [0, 0.1) is 0 Å². The zero-order valence-corrected chi connectivity index (χ0v) is 20.1. The largest absolute Gasteiger partial charge is 0.416 e. The number of nitrogens with zero attached hydrogens (tertiary/aromatic N) is 3.